The van der Waals surface area contributed by atoms with Crippen LogP contribution in [0.25, 0.3) is 0 Å². The molecule has 0 spiro atoms. The first-order valence-electron chi connectivity index (χ1n) is 4.54. The van der Waals surface area contributed by atoms with E-state index in [-0.39, 0.29) is 5.69 Å². The van der Waals surface area contributed by atoms with Crippen molar-refractivity contribution in [2.75, 3.05) is 5.32 Å². The molecule has 0 aliphatic rings. The van der Waals surface area contributed by atoms with E-state index in [0.717, 1.165) is 0 Å². The maximum Gasteiger partial charge on any atom is 0.291 e. The second-order valence-electron chi connectivity index (χ2n) is 3.12. The molecule has 0 saturated heterocycles. The molecule has 0 aliphatic heterocycles. The van der Waals surface area contributed by atoms with Crippen LogP contribution in [0.3, 0.4) is 0 Å². The minimum Gasteiger partial charge on any atom is -0.492 e. The van der Waals surface area contributed by atoms with Crippen molar-refractivity contribution in [3.8, 4) is 5.88 Å². The normalized spacial score (nSPS) is 10.0. The third-order valence-electron chi connectivity index (χ3n) is 2.03. The second-order valence-corrected chi connectivity index (χ2v) is 3.12. The van der Waals surface area contributed by atoms with Gasteiger partial charge in [-0.15, -0.1) is 0 Å². The van der Waals surface area contributed by atoms with E-state index in [2.05, 4.69) is 15.5 Å². The van der Waals surface area contributed by atoms with E-state index in [1.807, 2.05) is 0 Å². The summed E-state index contributed by atoms with van der Waals surface area (Å²) >= 11 is 0. The van der Waals surface area contributed by atoms with Gasteiger partial charge in [0.05, 0.1) is 0 Å². The third kappa shape index (κ3) is 1.81. The largest absolute Gasteiger partial charge is 0.492 e. The van der Waals surface area contributed by atoms with Gasteiger partial charge in [0.15, 0.2) is 5.69 Å². The van der Waals surface area contributed by atoms with Crippen LogP contribution in [0, 0.1) is 0 Å². The van der Waals surface area contributed by atoms with Gasteiger partial charge in [-0.1, -0.05) is 18.2 Å². The summed E-state index contributed by atoms with van der Waals surface area (Å²) in [5.74, 6) is -0.852. The minimum absolute atomic E-state index is 0.186. The summed E-state index contributed by atoms with van der Waals surface area (Å²) in [7, 11) is 0. The maximum absolute atomic E-state index is 11.6. The van der Waals surface area contributed by atoms with Gasteiger partial charge in [-0.3, -0.25) is 19.8 Å². The van der Waals surface area contributed by atoms with Gasteiger partial charge in [-0.05, 0) is 12.1 Å². The first-order chi connectivity index (χ1) is 7.68. The zero-order valence-corrected chi connectivity index (χ0v) is 8.15. The van der Waals surface area contributed by atoms with Crippen molar-refractivity contribution in [2.45, 2.75) is 0 Å². The van der Waals surface area contributed by atoms with Crippen molar-refractivity contribution in [1.82, 2.24) is 10.2 Å². The summed E-state index contributed by atoms with van der Waals surface area (Å²) in [6.07, 6.45) is 0. The standard InChI is InChI=1S/C10H9N3O3/c14-8(6-4-2-1-3-5-6)11-7-9(15)12-13-10(7)16/h1-5H,(H,11,14)(H3,12,13,15,16). The smallest absolute Gasteiger partial charge is 0.291 e. The van der Waals surface area contributed by atoms with E-state index in [9.17, 15) is 14.7 Å². The predicted molar refractivity (Wildman–Crippen MR) is 57.5 cm³/mol. The number of benzene rings is 1. The number of H-pyrrole nitrogens is 2. The molecule has 1 heterocycles. The zero-order valence-electron chi connectivity index (χ0n) is 8.15. The molecule has 0 radical (unpaired) electrons. The number of rotatable bonds is 2. The first-order valence-corrected chi connectivity index (χ1v) is 4.54. The number of anilines is 1. The number of hydrogen-bond acceptors (Lipinski definition) is 3. The Labute approximate surface area is 89.9 Å². The molecule has 0 atom stereocenters. The minimum atomic E-state index is -0.582. The number of aromatic amines is 2. The topological polar surface area (TPSA) is 98.0 Å². The fraction of sp³-hybridized carbons (Fsp3) is 0. The van der Waals surface area contributed by atoms with Crippen molar-refractivity contribution in [3.05, 3.63) is 46.2 Å². The third-order valence-corrected chi connectivity index (χ3v) is 2.03. The molecule has 0 fully saturated rings. The summed E-state index contributed by atoms with van der Waals surface area (Å²) in [5, 5.41) is 15.9. The summed E-state index contributed by atoms with van der Waals surface area (Å²) in [6, 6.07) is 8.39. The fourth-order valence-corrected chi connectivity index (χ4v) is 1.24. The average Bonchev–Trinajstić information content (AvgIpc) is 2.62. The average molecular weight is 219 g/mol. The Morgan fingerprint density at radius 1 is 1.19 bits per heavy atom. The molecule has 2 aromatic rings. The highest BCUT2D eigenvalue weighted by atomic mass is 16.3. The summed E-state index contributed by atoms with van der Waals surface area (Å²) in [4.78, 5) is 22.8. The van der Waals surface area contributed by atoms with E-state index in [1.54, 1.807) is 30.3 Å². The molecule has 0 unspecified atom stereocenters. The van der Waals surface area contributed by atoms with Crippen LogP contribution >= 0.6 is 0 Å². The number of hydrogen-bond donors (Lipinski definition) is 4. The van der Waals surface area contributed by atoms with E-state index in [0.29, 0.717) is 5.56 Å². The van der Waals surface area contributed by atoms with Gasteiger partial charge < -0.3 is 10.4 Å². The van der Waals surface area contributed by atoms with Crippen molar-refractivity contribution < 1.29 is 9.90 Å². The van der Waals surface area contributed by atoms with Crippen LogP contribution in [0.5, 0.6) is 5.88 Å². The van der Waals surface area contributed by atoms with Gasteiger partial charge in [-0.25, -0.2) is 0 Å². The van der Waals surface area contributed by atoms with E-state index >= 15 is 0 Å². The second kappa shape index (κ2) is 3.93. The van der Waals surface area contributed by atoms with Gasteiger partial charge >= 0.3 is 0 Å². The zero-order chi connectivity index (χ0) is 11.5. The van der Waals surface area contributed by atoms with Crippen LogP contribution in [-0.2, 0) is 0 Å². The first kappa shape index (κ1) is 10.0. The Bertz CT molecular complexity index is 556. The molecule has 16 heavy (non-hydrogen) atoms. The lowest BCUT2D eigenvalue weighted by Crippen LogP contribution is -2.16. The molecule has 0 bridgehead atoms. The number of carbonyl (C=O) groups excluding carboxylic acids is 1. The Balaban J connectivity index is 2.24. The van der Waals surface area contributed by atoms with Crippen molar-refractivity contribution in [3.63, 3.8) is 0 Å². The Hall–Kier alpha value is -2.50. The molecule has 1 aromatic heterocycles. The Morgan fingerprint density at radius 3 is 2.44 bits per heavy atom. The highest BCUT2D eigenvalue weighted by Crippen LogP contribution is 2.14. The lowest BCUT2D eigenvalue weighted by Gasteiger charge is -2.01. The molecule has 4 N–H and O–H groups in total. The lowest BCUT2D eigenvalue weighted by atomic mass is 10.2. The van der Waals surface area contributed by atoms with Gasteiger partial charge in [0.1, 0.15) is 0 Å². The number of aromatic hydroxyl groups is 1. The Kier molecular flexibility index (Phi) is 2.47. The van der Waals surface area contributed by atoms with Crippen LogP contribution in [-0.4, -0.2) is 21.2 Å². The fourth-order valence-electron chi connectivity index (χ4n) is 1.24. The van der Waals surface area contributed by atoms with E-state index < -0.39 is 17.3 Å². The molecule has 82 valence electrons. The van der Waals surface area contributed by atoms with Crippen LogP contribution in [0.4, 0.5) is 5.69 Å². The molecule has 0 saturated carbocycles. The number of carbonyl (C=O) groups is 1. The monoisotopic (exact) mass is 219 g/mol. The maximum atomic E-state index is 11.6. The molecule has 6 heteroatoms. The molecule has 6 nitrogen and oxygen atoms in total. The Morgan fingerprint density at radius 2 is 1.88 bits per heavy atom. The molecule has 2 rings (SSSR count). The van der Waals surface area contributed by atoms with Gasteiger partial charge in [-0.2, -0.15) is 0 Å². The lowest BCUT2D eigenvalue weighted by molar-refractivity contribution is 0.102. The number of aromatic nitrogens is 2. The molecular formula is C10H9N3O3. The highest BCUT2D eigenvalue weighted by Gasteiger charge is 2.13. The number of nitrogens with one attached hydrogen (secondary N) is 3. The van der Waals surface area contributed by atoms with E-state index in [1.165, 1.54) is 0 Å². The van der Waals surface area contributed by atoms with Gasteiger partial charge in [0.25, 0.3) is 11.5 Å². The highest BCUT2D eigenvalue weighted by molar-refractivity contribution is 6.04. The summed E-state index contributed by atoms with van der Waals surface area (Å²) < 4.78 is 0. The molecule has 1 aromatic carbocycles. The summed E-state index contributed by atoms with van der Waals surface area (Å²) in [6.45, 7) is 0. The molecular weight excluding hydrogens is 210 g/mol. The van der Waals surface area contributed by atoms with Crippen LogP contribution < -0.4 is 10.9 Å². The van der Waals surface area contributed by atoms with Gasteiger partial charge in [0, 0.05) is 5.56 Å². The molecule has 1 amide bonds. The van der Waals surface area contributed by atoms with E-state index in [4.69, 9.17) is 0 Å². The van der Waals surface area contributed by atoms with Gasteiger partial charge in [0.2, 0.25) is 5.88 Å². The van der Waals surface area contributed by atoms with Crippen molar-refractivity contribution in [1.29, 1.82) is 0 Å². The van der Waals surface area contributed by atoms with Crippen LogP contribution in [0.1, 0.15) is 10.4 Å². The molecule has 0 aliphatic carbocycles. The quantitative estimate of drug-likeness (QED) is 0.597. The number of amides is 1. The predicted octanol–water partition coefficient (Wildman–Crippen LogP) is 0.661. The van der Waals surface area contributed by atoms with Crippen molar-refractivity contribution in [2.24, 2.45) is 0 Å². The van der Waals surface area contributed by atoms with Crippen LogP contribution in [0.2, 0.25) is 0 Å². The van der Waals surface area contributed by atoms with Crippen LogP contribution in [0.15, 0.2) is 35.1 Å². The summed E-state index contributed by atoms with van der Waals surface area (Å²) in [5.41, 5.74) is -0.363. The SMILES string of the molecule is O=C(Nc1c(O)[nH][nH]c1=O)c1ccccc1. The van der Waals surface area contributed by atoms with Crippen molar-refractivity contribution >= 4 is 11.6 Å².